The van der Waals surface area contributed by atoms with Gasteiger partial charge in [-0.3, -0.25) is 9.69 Å². The standard InChI is InChI=1S/C18H22ClN3O3S2/c1-20-5-7-21(8-6-20)18(24)25-17-15-14(26-9-10-27-15)16(23)22(17)13-4-2-3-12(19)11-13/h2-4,11,14-15,17H,5-10H2,1H3. The Balaban J connectivity index is 1.58. The minimum absolute atomic E-state index is 0.00403. The number of carbonyl (C=O) groups is 2. The second-order valence-corrected chi connectivity index (χ2v) is 9.85. The van der Waals surface area contributed by atoms with Gasteiger partial charge in [-0.05, 0) is 25.2 Å². The molecule has 6 nitrogen and oxygen atoms in total. The first-order chi connectivity index (χ1) is 13.0. The molecule has 2 amide bonds. The van der Waals surface area contributed by atoms with Gasteiger partial charge in [0.1, 0.15) is 5.25 Å². The molecule has 3 fully saturated rings. The van der Waals surface area contributed by atoms with Gasteiger partial charge in [-0.25, -0.2) is 4.79 Å². The molecule has 3 aliphatic rings. The Morgan fingerprint density at radius 2 is 1.93 bits per heavy atom. The highest BCUT2D eigenvalue weighted by Crippen LogP contribution is 2.43. The predicted octanol–water partition coefficient (Wildman–Crippen LogP) is 2.61. The second kappa shape index (κ2) is 8.11. The Morgan fingerprint density at radius 1 is 1.19 bits per heavy atom. The summed E-state index contributed by atoms with van der Waals surface area (Å²) in [6, 6.07) is 7.18. The van der Waals surface area contributed by atoms with Crippen molar-refractivity contribution in [3.8, 4) is 0 Å². The van der Waals surface area contributed by atoms with E-state index in [-0.39, 0.29) is 22.5 Å². The zero-order valence-electron chi connectivity index (χ0n) is 15.0. The van der Waals surface area contributed by atoms with Crippen molar-refractivity contribution in [2.24, 2.45) is 0 Å². The van der Waals surface area contributed by atoms with Crippen LogP contribution in [0.25, 0.3) is 0 Å². The molecule has 0 aromatic heterocycles. The van der Waals surface area contributed by atoms with E-state index in [9.17, 15) is 9.59 Å². The molecule has 9 heteroatoms. The molecule has 1 aromatic rings. The maximum atomic E-state index is 13.1. The molecule has 146 valence electrons. The van der Waals surface area contributed by atoms with Crippen LogP contribution in [0.15, 0.2) is 24.3 Å². The highest BCUT2D eigenvalue weighted by molar-refractivity contribution is 8.07. The number of nitrogens with zero attached hydrogens (tertiary/aromatic N) is 3. The van der Waals surface area contributed by atoms with Crippen molar-refractivity contribution in [3.05, 3.63) is 29.3 Å². The average molecular weight is 428 g/mol. The molecular formula is C18H22ClN3O3S2. The molecule has 0 radical (unpaired) electrons. The number of piperazine rings is 1. The summed E-state index contributed by atoms with van der Waals surface area (Å²) in [5.74, 6) is 1.88. The normalized spacial score (nSPS) is 29.0. The Hall–Kier alpha value is -1.09. The van der Waals surface area contributed by atoms with E-state index < -0.39 is 6.23 Å². The number of anilines is 1. The van der Waals surface area contributed by atoms with Gasteiger partial charge in [-0.1, -0.05) is 17.7 Å². The quantitative estimate of drug-likeness (QED) is 0.723. The molecular weight excluding hydrogens is 406 g/mol. The van der Waals surface area contributed by atoms with Crippen molar-refractivity contribution in [3.63, 3.8) is 0 Å². The van der Waals surface area contributed by atoms with Crippen LogP contribution in [-0.2, 0) is 9.53 Å². The van der Waals surface area contributed by atoms with Gasteiger partial charge in [0, 0.05) is 48.4 Å². The van der Waals surface area contributed by atoms with Crippen LogP contribution in [0.3, 0.4) is 0 Å². The van der Waals surface area contributed by atoms with E-state index in [1.54, 1.807) is 45.5 Å². The fraction of sp³-hybridized carbons (Fsp3) is 0.556. The van der Waals surface area contributed by atoms with Crippen LogP contribution in [-0.4, -0.2) is 83.3 Å². The van der Waals surface area contributed by atoms with E-state index in [1.807, 2.05) is 19.2 Å². The molecule has 1 aromatic carbocycles. The van der Waals surface area contributed by atoms with Gasteiger partial charge in [-0.15, -0.1) is 11.8 Å². The molecule has 0 N–H and O–H groups in total. The zero-order valence-corrected chi connectivity index (χ0v) is 17.4. The first-order valence-corrected chi connectivity index (χ1v) is 11.5. The van der Waals surface area contributed by atoms with Gasteiger partial charge >= 0.3 is 6.09 Å². The largest absolute Gasteiger partial charge is 0.424 e. The highest BCUT2D eigenvalue weighted by Gasteiger charge is 2.53. The summed E-state index contributed by atoms with van der Waals surface area (Å²) >= 11 is 9.52. The average Bonchev–Trinajstić information content (AvgIpc) is 2.94. The third-order valence-corrected chi connectivity index (χ3v) is 8.36. The van der Waals surface area contributed by atoms with Gasteiger partial charge in [0.2, 0.25) is 5.91 Å². The molecule has 27 heavy (non-hydrogen) atoms. The van der Waals surface area contributed by atoms with Crippen molar-refractivity contribution < 1.29 is 14.3 Å². The monoisotopic (exact) mass is 427 g/mol. The number of carbonyl (C=O) groups excluding carboxylic acids is 2. The number of ether oxygens (including phenoxy) is 1. The molecule has 3 unspecified atom stereocenters. The highest BCUT2D eigenvalue weighted by atomic mass is 35.5. The van der Waals surface area contributed by atoms with Crippen molar-refractivity contribution >= 4 is 52.8 Å². The number of amides is 2. The van der Waals surface area contributed by atoms with E-state index in [0.29, 0.717) is 23.8 Å². The number of benzene rings is 1. The van der Waals surface area contributed by atoms with Gasteiger partial charge in [0.25, 0.3) is 0 Å². The molecule has 0 bridgehead atoms. The van der Waals surface area contributed by atoms with Gasteiger partial charge < -0.3 is 14.5 Å². The van der Waals surface area contributed by atoms with Crippen molar-refractivity contribution in [1.29, 1.82) is 0 Å². The van der Waals surface area contributed by atoms with Gasteiger partial charge in [0.05, 0.1) is 5.25 Å². The SMILES string of the molecule is CN1CCN(C(=O)OC2C3SCCSC3C(=O)N2c2cccc(Cl)c2)CC1. The second-order valence-electron chi connectivity index (χ2n) is 6.88. The lowest BCUT2D eigenvalue weighted by molar-refractivity contribution is -0.117. The lowest BCUT2D eigenvalue weighted by Crippen LogP contribution is -2.50. The Morgan fingerprint density at radius 3 is 2.67 bits per heavy atom. The van der Waals surface area contributed by atoms with Crippen LogP contribution in [0.1, 0.15) is 0 Å². The molecule has 3 atom stereocenters. The number of halogens is 1. The van der Waals surface area contributed by atoms with Crippen LogP contribution in [0, 0.1) is 0 Å². The Bertz CT molecular complexity index is 730. The number of rotatable bonds is 2. The molecule has 4 rings (SSSR count). The number of fused-ring (bicyclic) bond motifs is 1. The lowest BCUT2D eigenvalue weighted by Gasteiger charge is -2.35. The summed E-state index contributed by atoms with van der Waals surface area (Å²) in [5, 5.41) is 0.305. The Labute approximate surface area is 172 Å². The molecule has 3 aliphatic heterocycles. The summed E-state index contributed by atoms with van der Waals surface area (Å²) in [6.45, 7) is 2.94. The number of thioether (sulfide) groups is 2. The summed E-state index contributed by atoms with van der Waals surface area (Å²) in [7, 11) is 2.04. The van der Waals surface area contributed by atoms with Crippen molar-refractivity contribution in [1.82, 2.24) is 9.80 Å². The first kappa shape index (κ1) is 19.2. The summed E-state index contributed by atoms with van der Waals surface area (Å²) in [6.07, 6.45) is -0.948. The van der Waals surface area contributed by atoms with Gasteiger partial charge in [-0.2, -0.15) is 11.8 Å². The molecule has 0 spiro atoms. The Kier molecular flexibility index (Phi) is 5.78. The van der Waals surface area contributed by atoms with E-state index in [2.05, 4.69) is 4.90 Å². The zero-order chi connectivity index (χ0) is 19.0. The van der Waals surface area contributed by atoms with Crippen LogP contribution in [0.4, 0.5) is 10.5 Å². The minimum atomic E-state index is -0.606. The summed E-state index contributed by atoms with van der Waals surface area (Å²) < 4.78 is 5.93. The number of hydrogen-bond acceptors (Lipinski definition) is 6. The van der Waals surface area contributed by atoms with Gasteiger partial charge in [0.15, 0.2) is 6.23 Å². The fourth-order valence-electron chi connectivity index (χ4n) is 3.58. The third-order valence-electron chi connectivity index (χ3n) is 5.08. The molecule has 0 saturated carbocycles. The predicted molar refractivity (Wildman–Crippen MR) is 111 cm³/mol. The van der Waals surface area contributed by atoms with Crippen LogP contribution in [0.2, 0.25) is 5.02 Å². The fourth-order valence-corrected chi connectivity index (χ4v) is 6.75. The smallest absolute Gasteiger partial charge is 0.411 e. The lowest BCUT2D eigenvalue weighted by atomic mass is 10.3. The number of hydrogen-bond donors (Lipinski definition) is 0. The minimum Gasteiger partial charge on any atom is -0.424 e. The van der Waals surface area contributed by atoms with Crippen LogP contribution >= 0.6 is 35.1 Å². The molecule has 3 saturated heterocycles. The topological polar surface area (TPSA) is 53.1 Å². The summed E-state index contributed by atoms with van der Waals surface area (Å²) in [5.41, 5.74) is 0.680. The molecule has 3 heterocycles. The number of likely N-dealkylation sites (N-methyl/N-ethyl adjacent to an activating group) is 1. The van der Waals surface area contributed by atoms with E-state index in [4.69, 9.17) is 16.3 Å². The van der Waals surface area contributed by atoms with E-state index in [0.717, 1.165) is 24.6 Å². The van der Waals surface area contributed by atoms with Crippen molar-refractivity contribution in [2.45, 2.75) is 16.7 Å². The molecule has 0 aliphatic carbocycles. The third kappa shape index (κ3) is 3.90. The van der Waals surface area contributed by atoms with Crippen LogP contribution in [0.5, 0.6) is 0 Å². The van der Waals surface area contributed by atoms with Crippen LogP contribution < -0.4 is 4.90 Å². The maximum absolute atomic E-state index is 13.1. The summed E-state index contributed by atoms with van der Waals surface area (Å²) in [4.78, 5) is 31.4. The maximum Gasteiger partial charge on any atom is 0.411 e. The van der Waals surface area contributed by atoms with E-state index >= 15 is 0 Å². The van der Waals surface area contributed by atoms with Crippen molar-refractivity contribution in [2.75, 3.05) is 49.6 Å². The first-order valence-electron chi connectivity index (χ1n) is 9.00. The van der Waals surface area contributed by atoms with E-state index in [1.165, 1.54) is 0 Å².